The fraction of sp³-hybridized carbons (Fsp3) is 0.150. The number of nitrogens with zero attached hydrogens (tertiary/aromatic N) is 3. The third kappa shape index (κ3) is 3.73. The molecule has 0 bridgehead atoms. The van der Waals surface area contributed by atoms with Gasteiger partial charge in [-0.2, -0.15) is 4.98 Å². The third-order valence-corrected chi connectivity index (χ3v) is 5.08. The number of fused-ring (bicyclic) bond motifs is 1. The van der Waals surface area contributed by atoms with Crippen molar-refractivity contribution >= 4 is 22.2 Å². The smallest absolute Gasteiger partial charge is 0.251 e. The van der Waals surface area contributed by atoms with E-state index in [2.05, 4.69) is 15.4 Å². The highest BCUT2D eigenvalue weighted by Gasteiger charge is 2.12. The van der Waals surface area contributed by atoms with Crippen LogP contribution in [0.15, 0.2) is 53.9 Å². The standard InChI is InChI=1S/C20H17FN4OS/c1-13-5-7-14(8-6-13)18-23-20-25(24-18)17(12-27-20)9-10-22-19(26)15-3-2-4-16(21)11-15/h2-8,11-12H,9-10H2,1H3,(H,22,26). The normalized spacial score (nSPS) is 11.0. The van der Waals surface area contributed by atoms with Gasteiger partial charge in [-0.1, -0.05) is 35.9 Å². The zero-order valence-electron chi connectivity index (χ0n) is 14.6. The highest BCUT2D eigenvalue weighted by atomic mass is 32.1. The maximum Gasteiger partial charge on any atom is 0.251 e. The van der Waals surface area contributed by atoms with Gasteiger partial charge in [-0.3, -0.25) is 4.79 Å². The molecular weight excluding hydrogens is 363 g/mol. The number of halogens is 1. The van der Waals surface area contributed by atoms with Crippen LogP contribution >= 0.6 is 11.3 Å². The lowest BCUT2D eigenvalue weighted by Crippen LogP contribution is -2.26. The predicted octanol–water partition coefficient (Wildman–Crippen LogP) is 3.88. The van der Waals surface area contributed by atoms with Crippen LogP contribution in [0.5, 0.6) is 0 Å². The molecule has 0 aliphatic heterocycles. The number of amides is 1. The summed E-state index contributed by atoms with van der Waals surface area (Å²) in [5.74, 6) is -0.0275. The van der Waals surface area contributed by atoms with Gasteiger partial charge < -0.3 is 5.32 Å². The quantitative estimate of drug-likeness (QED) is 0.572. The van der Waals surface area contributed by atoms with Gasteiger partial charge in [0.25, 0.3) is 5.91 Å². The maximum atomic E-state index is 13.2. The number of aryl methyl sites for hydroxylation is 1. The van der Waals surface area contributed by atoms with Gasteiger partial charge in [0.1, 0.15) is 5.82 Å². The number of nitrogens with one attached hydrogen (secondary N) is 1. The van der Waals surface area contributed by atoms with Crippen molar-refractivity contribution in [3.8, 4) is 11.4 Å². The summed E-state index contributed by atoms with van der Waals surface area (Å²) in [4.78, 5) is 17.5. The van der Waals surface area contributed by atoms with Crippen LogP contribution in [0.2, 0.25) is 0 Å². The number of rotatable bonds is 5. The van der Waals surface area contributed by atoms with Crippen molar-refractivity contribution in [1.82, 2.24) is 19.9 Å². The van der Waals surface area contributed by atoms with Gasteiger partial charge in [-0.15, -0.1) is 16.4 Å². The van der Waals surface area contributed by atoms with Crippen LogP contribution in [0.3, 0.4) is 0 Å². The van der Waals surface area contributed by atoms with Crippen LogP contribution in [0, 0.1) is 12.7 Å². The van der Waals surface area contributed by atoms with Crippen LogP contribution < -0.4 is 5.32 Å². The number of carbonyl (C=O) groups is 1. The summed E-state index contributed by atoms with van der Waals surface area (Å²) in [6, 6.07) is 13.7. The molecule has 0 radical (unpaired) electrons. The Balaban J connectivity index is 1.45. The number of aromatic nitrogens is 3. The second kappa shape index (κ2) is 7.28. The summed E-state index contributed by atoms with van der Waals surface area (Å²) >= 11 is 1.52. The van der Waals surface area contributed by atoms with Crippen LogP contribution in [-0.2, 0) is 6.42 Å². The minimum Gasteiger partial charge on any atom is -0.352 e. The van der Waals surface area contributed by atoms with E-state index in [1.54, 1.807) is 6.07 Å². The summed E-state index contributed by atoms with van der Waals surface area (Å²) in [7, 11) is 0. The molecule has 1 amide bonds. The van der Waals surface area contributed by atoms with Gasteiger partial charge in [-0.05, 0) is 25.1 Å². The molecule has 1 N–H and O–H groups in total. The minimum absolute atomic E-state index is 0.292. The summed E-state index contributed by atoms with van der Waals surface area (Å²) in [6.07, 6.45) is 0.609. The molecule has 2 aromatic heterocycles. The lowest BCUT2D eigenvalue weighted by atomic mass is 10.1. The molecule has 4 aromatic rings. The molecule has 0 aliphatic rings. The maximum absolute atomic E-state index is 13.2. The molecule has 0 unspecified atom stereocenters. The van der Waals surface area contributed by atoms with E-state index in [0.29, 0.717) is 24.4 Å². The summed E-state index contributed by atoms with van der Waals surface area (Å²) in [5, 5.41) is 9.39. The minimum atomic E-state index is -0.423. The predicted molar refractivity (Wildman–Crippen MR) is 103 cm³/mol. The first-order valence-corrected chi connectivity index (χ1v) is 9.42. The zero-order valence-corrected chi connectivity index (χ0v) is 15.5. The Bertz CT molecular complexity index is 1100. The fourth-order valence-corrected chi connectivity index (χ4v) is 3.61. The number of hydrogen-bond acceptors (Lipinski definition) is 4. The molecule has 0 fully saturated rings. The third-order valence-electron chi connectivity index (χ3n) is 4.21. The van der Waals surface area contributed by atoms with Crippen molar-refractivity contribution in [1.29, 1.82) is 0 Å². The number of thiazole rings is 1. The molecule has 27 heavy (non-hydrogen) atoms. The first-order chi connectivity index (χ1) is 13.1. The van der Waals surface area contributed by atoms with Crippen LogP contribution in [0.25, 0.3) is 16.3 Å². The molecule has 0 saturated heterocycles. The molecule has 0 atom stereocenters. The molecular formula is C20H17FN4OS. The van der Waals surface area contributed by atoms with Crippen molar-refractivity contribution in [3.05, 3.63) is 76.5 Å². The average Bonchev–Trinajstić information content (AvgIpc) is 3.24. The number of carbonyl (C=O) groups excluding carboxylic acids is 1. The second-order valence-electron chi connectivity index (χ2n) is 6.24. The summed E-state index contributed by atoms with van der Waals surface area (Å²) in [6.45, 7) is 2.47. The largest absolute Gasteiger partial charge is 0.352 e. The Morgan fingerprint density at radius 1 is 1.22 bits per heavy atom. The molecule has 2 aromatic carbocycles. The highest BCUT2D eigenvalue weighted by molar-refractivity contribution is 7.15. The molecule has 0 aliphatic carbocycles. The van der Waals surface area contributed by atoms with Crippen molar-refractivity contribution in [3.63, 3.8) is 0 Å². The van der Waals surface area contributed by atoms with Gasteiger partial charge in [-0.25, -0.2) is 8.91 Å². The van der Waals surface area contributed by atoms with E-state index in [-0.39, 0.29) is 5.91 Å². The van der Waals surface area contributed by atoms with E-state index >= 15 is 0 Å². The van der Waals surface area contributed by atoms with Gasteiger partial charge in [0, 0.05) is 29.5 Å². The topological polar surface area (TPSA) is 59.3 Å². The van der Waals surface area contributed by atoms with E-state index in [1.807, 2.05) is 41.1 Å². The monoisotopic (exact) mass is 380 g/mol. The van der Waals surface area contributed by atoms with Gasteiger partial charge >= 0.3 is 0 Å². The van der Waals surface area contributed by atoms with Crippen molar-refractivity contribution in [2.45, 2.75) is 13.3 Å². The summed E-state index contributed by atoms with van der Waals surface area (Å²) in [5.41, 5.74) is 3.45. The summed E-state index contributed by atoms with van der Waals surface area (Å²) < 4.78 is 15.0. The Hall–Kier alpha value is -3.06. The first kappa shape index (κ1) is 17.4. The molecule has 136 valence electrons. The highest BCUT2D eigenvalue weighted by Crippen LogP contribution is 2.21. The average molecular weight is 380 g/mol. The first-order valence-electron chi connectivity index (χ1n) is 8.54. The number of hydrogen-bond donors (Lipinski definition) is 1. The number of benzene rings is 2. The molecule has 2 heterocycles. The Morgan fingerprint density at radius 2 is 2.04 bits per heavy atom. The zero-order chi connectivity index (χ0) is 18.8. The van der Waals surface area contributed by atoms with Crippen LogP contribution in [0.4, 0.5) is 4.39 Å². The second-order valence-corrected chi connectivity index (χ2v) is 7.08. The van der Waals surface area contributed by atoms with Gasteiger partial charge in [0.2, 0.25) is 4.96 Å². The van der Waals surface area contributed by atoms with Gasteiger partial charge in [0.05, 0.1) is 5.69 Å². The van der Waals surface area contributed by atoms with Gasteiger partial charge in [0.15, 0.2) is 5.82 Å². The van der Waals surface area contributed by atoms with Crippen LogP contribution in [0.1, 0.15) is 21.6 Å². The Labute approximate surface area is 159 Å². The van der Waals surface area contributed by atoms with E-state index in [4.69, 9.17) is 0 Å². The Kier molecular flexibility index (Phi) is 4.68. The fourth-order valence-electron chi connectivity index (χ4n) is 2.76. The van der Waals surface area contributed by atoms with E-state index in [1.165, 1.54) is 35.1 Å². The Morgan fingerprint density at radius 3 is 2.81 bits per heavy atom. The molecule has 4 rings (SSSR count). The lowest BCUT2D eigenvalue weighted by molar-refractivity contribution is 0.0953. The van der Waals surface area contributed by atoms with Crippen LogP contribution in [-0.4, -0.2) is 27.0 Å². The van der Waals surface area contributed by atoms with E-state index in [9.17, 15) is 9.18 Å². The molecule has 0 spiro atoms. The lowest BCUT2D eigenvalue weighted by Gasteiger charge is -2.04. The van der Waals surface area contributed by atoms with E-state index in [0.717, 1.165) is 16.2 Å². The molecule has 7 heteroatoms. The van der Waals surface area contributed by atoms with E-state index < -0.39 is 5.82 Å². The van der Waals surface area contributed by atoms with Crippen molar-refractivity contribution < 1.29 is 9.18 Å². The van der Waals surface area contributed by atoms with Crippen molar-refractivity contribution in [2.24, 2.45) is 0 Å². The van der Waals surface area contributed by atoms with Crippen molar-refractivity contribution in [2.75, 3.05) is 6.54 Å². The molecule has 5 nitrogen and oxygen atoms in total. The SMILES string of the molecule is Cc1ccc(-c2nc3scc(CCNC(=O)c4cccc(F)c4)n3n2)cc1. The molecule has 0 saturated carbocycles.